The zero-order valence-electron chi connectivity index (χ0n) is 10.3. The Labute approximate surface area is 109 Å². The van der Waals surface area contributed by atoms with Gasteiger partial charge in [0.1, 0.15) is 0 Å². The molecule has 0 saturated heterocycles. The Kier molecular flexibility index (Phi) is 6.78. The van der Waals surface area contributed by atoms with Crippen LogP contribution < -0.4 is 0 Å². The molecule has 0 N–H and O–H groups in total. The molecule has 3 heteroatoms. The second kappa shape index (κ2) is 8.18. The van der Waals surface area contributed by atoms with E-state index in [4.69, 9.17) is 17.4 Å². The fourth-order valence-electron chi connectivity index (χ4n) is 1.62. The van der Waals surface area contributed by atoms with E-state index in [1.54, 1.807) is 6.07 Å². The van der Waals surface area contributed by atoms with E-state index in [0.717, 1.165) is 18.4 Å². The number of esters is 1. The fraction of sp³-hybridized carbons (Fsp3) is 0.500. The average Bonchev–Trinajstić information content (AvgIpc) is 2.38. The quantitative estimate of drug-likeness (QED) is 0.538. The SMILES string of the molecule is CCCCCCOC(=O)c1ccccc1C[S]. The summed E-state index contributed by atoms with van der Waals surface area (Å²) in [7, 11) is 0. The lowest BCUT2D eigenvalue weighted by Crippen LogP contribution is -2.08. The summed E-state index contributed by atoms with van der Waals surface area (Å²) in [5, 5.41) is 0. The van der Waals surface area contributed by atoms with Gasteiger partial charge in [-0.25, -0.2) is 4.79 Å². The van der Waals surface area contributed by atoms with Crippen molar-refractivity contribution in [1.82, 2.24) is 0 Å². The Hall–Kier alpha value is -0.960. The van der Waals surface area contributed by atoms with E-state index in [9.17, 15) is 4.79 Å². The summed E-state index contributed by atoms with van der Waals surface area (Å²) in [5.41, 5.74) is 1.49. The maximum atomic E-state index is 11.8. The van der Waals surface area contributed by atoms with Crippen molar-refractivity contribution in [2.45, 2.75) is 38.4 Å². The van der Waals surface area contributed by atoms with Crippen LogP contribution in [-0.4, -0.2) is 12.6 Å². The third kappa shape index (κ3) is 4.82. The van der Waals surface area contributed by atoms with Gasteiger partial charge in [0.25, 0.3) is 0 Å². The van der Waals surface area contributed by atoms with Crippen LogP contribution >= 0.6 is 12.6 Å². The first-order chi connectivity index (χ1) is 8.29. The monoisotopic (exact) mass is 251 g/mol. The highest BCUT2D eigenvalue weighted by molar-refractivity contribution is 7.79. The largest absolute Gasteiger partial charge is 0.462 e. The molecule has 0 bridgehead atoms. The molecule has 1 rings (SSSR count). The lowest BCUT2D eigenvalue weighted by atomic mass is 10.1. The van der Waals surface area contributed by atoms with E-state index >= 15 is 0 Å². The molecule has 1 aromatic carbocycles. The Bertz CT molecular complexity index is 350. The highest BCUT2D eigenvalue weighted by Crippen LogP contribution is 2.12. The summed E-state index contributed by atoms with van der Waals surface area (Å²) in [4.78, 5) is 11.8. The smallest absolute Gasteiger partial charge is 0.338 e. The number of rotatable bonds is 7. The summed E-state index contributed by atoms with van der Waals surface area (Å²) in [6.45, 7) is 2.66. The van der Waals surface area contributed by atoms with Crippen LogP contribution in [0.15, 0.2) is 24.3 Å². The second-order valence-corrected chi connectivity index (χ2v) is 4.29. The normalized spacial score (nSPS) is 10.2. The Morgan fingerprint density at radius 3 is 2.71 bits per heavy atom. The van der Waals surface area contributed by atoms with Crippen molar-refractivity contribution < 1.29 is 9.53 Å². The van der Waals surface area contributed by atoms with Gasteiger partial charge in [-0.05, 0) is 18.1 Å². The first-order valence-corrected chi connectivity index (χ1v) is 6.70. The van der Waals surface area contributed by atoms with Crippen LogP contribution in [0.5, 0.6) is 0 Å². The van der Waals surface area contributed by atoms with Crippen molar-refractivity contribution in [3.05, 3.63) is 35.4 Å². The highest BCUT2D eigenvalue weighted by Gasteiger charge is 2.10. The van der Waals surface area contributed by atoms with E-state index < -0.39 is 0 Å². The molecular weight excluding hydrogens is 232 g/mol. The first kappa shape index (κ1) is 14.1. The molecule has 1 radical (unpaired) electrons. The van der Waals surface area contributed by atoms with Crippen molar-refractivity contribution in [2.75, 3.05) is 6.61 Å². The maximum absolute atomic E-state index is 11.8. The fourth-order valence-corrected chi connectivity index (χ4v) is 1.87. The van der Waals surface area contributed by atoms with Gasteiger partial charge >= 0.3 is 5.97 Å². The van der Waals surface area contributed by atoms with Crippen molar-refractivity contribution in [3.63, 3.8) is 0 Å². The minimum absolute atomic E-state index is 0.248. The standard InChI is InChI=1S/C14H19O2S/c1-2-3-4-7-10-16-14(15)13-9-6-5-8-12(13)11-17/h5-6,8-9H,2-4,7,10-11H2,1H3. The molecule has 0 spiro atoms. The van der Waals surface area contributed by atoms with Crippen LogP contribution in [0.3, 0.4) is 0 Å². The lowest BCUT2D eigenvalue weighted by Gasteiger charge is -2.07. The maximum Gasteiger partial charge on any atom is 0.338 e. The zero-order chi connectivity index (χ0) is 12.5. The third-order valence-electron chi connectivity index (χ3n) is 2.62. The topological polar surface area (TPSA) is 26.3 Å². The van der Waals surface area contributed by atoms with Crippen molar-refractivity contribution in [1.29, 1.82) is 0 Å². The molecule has 0 unspecified atom stereocenters. The van der Waals surface area contributed by atoms with E-state index in [1.807, 2.05) is 18.2 Å². The van der Waals surface area contributed by atoms with Crippen molar-refractivity contribution in [3.8, 4) is 0 Å². The second-order valence-electron chi connectivity index (χ2n) is 4.00. The molecule has 0 saturated carbocycles. The molecule has 1 aromatic rings. The zero-order valence-corrected chi connectivity index (χ0v) is 11.1. The summed E-state index contributed by atoms with van der Waals surface area (Å²) in [5.74, 6) is 0.197. The molecule has 0 aromatic heterocycles. The third-order valence-corrected chi connectivity index (χ3v) is 2.93. The summed E-state index contributed by atoms with van der Waals surface area (Å²) >= 11 is 4.99. The van der Waals surface area contributed by atoms with Gasteiger partial charge in [-0.1, -0.05) is 57.0 Å². The molecule has 0 fully saturated rings. The van der Waals surface area contributed by atoms with Crippen molar-refractivity contribution >= 4 is 18.6 Å². The molecule has 0 heterocycles. The van der Waals surface area contributed by atoms with E-state index in [-0.39, 0.29) is 5.97 Å². The van der Waals surface area contributed by atoms with E-state index in [1.165, 1.54) is 12.8 Å². The average molecular weight is 251 g/mol. The van der Waals surface area contributed by atoms with E-state index in [0.29, 0.717) is 17.9 Å². The lowest BCUT2D eigenvalue weighted by molar-refractivity contribution is 0.0497. The Morgan fingerprint density at radius 1 is 1.24 bits per heavy atom. The van der Waals surface area contributed by atoms with Crippen molar-refractivity contribution in [2.24, 2.45) is 0 Å². The minimum Gasteiger partial charge on any atom is -0.462 e. The van der Waals surface area contributed by atoms with Crippen LogP contribution in [0.2, 0.25) is 0 Å². The van der Waals surface area contributed by atoms with Gasteiger partial charge < -0.3 is 4.74 Å². The van der Waals surface area contributed by atoms with E-state index in [2.05, 4.69) is 6.92 Å². The molecule has 2 nitrogen and oxygen atoms in total. The number of hydrogen-bond acceptors (Lipinski definition) is 2. The predicted molar refractivity (Wildman–Crippen MR) is 72.2 cm³/mol. The Morgan fingerprint density at radius 2 is 2.00 bits per heavy atom. The summed E-state index contributed by atoms with van der Waals surface area (Å²) in [6.07, 6.45) is 4.44. The van der Waals surface area contributed by atoms with Crippen LogP contribution in [-0.2, 0) is 10.5 Å². The first-order valence-electron chi connectivity index (χ1n) is 6.12. The van der Waals surface area contributed by atoms with Gasteiger partial charge in [0.2, 0.25) is 0 Å². The van der Waals surface area contributed by atoms with Gasteiger partial charge in [-0.2, -0.15) is 0 Å². The molecule has 0 amide bonds. The van der Waals surface area contributed by atoms with Gasteiger partial charge in [0.05, 0.1) is 12.2 Å². The van der Waals surface area contributed by atoms with Crippen LogP contribution in [0.1, 0.15) is 48.5 Å². The highest BCUT2D eigenvalue weighted by atomic mass is 32.1. The van der Waals surface area contributed by atoms with Gasteiger partial charge in [0, 0.05) is 5.75 Å². The number of carbonyl (C=O) groups is 1. The molecule has 0 aliphatic heterocycles. The number of benzene rings is 1. The summed E-state index contributed by atoms with van der Waals surface area (Å²) in [6, 6.07) is 7.37. The van der Waals surface area contributed by atoms with Crippen LogP contribution in [0.4, 0.5) is 0 Å². The molecule has 0 aliphatic carbocycles. The van der Waals surface area contributed by atoms with Gasteiger partial charge in [0.15, 0.2) is 0 Å². The molecule has 17 heavy (non-hydrogen) atoms. The minimum atomic E-state index is -0.248. The molecular formula is C14H19O2S. The molecule has 0 atom stereocenters. The molecule has 93 valence electrons. The number of unbranched alkanes of at least 4 members (excludes halogenated alkanes) is 3. The number of carbonyl (C=O) groups excluding carboxylic acids is 1. The van der Waals surface area contributed by atoms with Gasteiger partial charge in [-0.15, -0.1) is 0 Å². The number of ether oxygens (including phenoxy) is 1. The van der Waals surface area contributed by atoms with Crippen LogP contribution in [0.25, 0.3) is 0 Å². The van der Waals surface area contributed by atoms with Gasteiger partial charge in [-0.3, -0.25) is 0 Å². The summed E-state index contributed by atoms with van der Waals surface area (Å²) < 4.78 is 5.23. The van der Waals surface area contributed by atoms with Crippen LogP contribution in [0, 0.1) is 0 Å². The predicted octanol–water partition coefficient (Wildman–Crippen LogP) is 4.12. The molecule has 0 aliphatic rings. The Balaban J connectivity index is 2.41. The number of hydrogen-bond donors (Lipinski definition) is 0.